The van der Waals surface area contributed by atoms with Gasteiger partial charge in [0.15, 0.2) is 0 Å². The van der Waals surface area contributed by atoms with Crippen LogP contribution >= 0.6 is 0 Å². The van der Waals surface area contributed by atoms with Crippen LogP contribution in [0.15, 0.2) is 60.7 Å². The number of carboxylic acid groups (broad SMARTS) is 1. The van der Waals surface area contributed by atoms with Crippen molar-refractivity contribution in [1.29, 1.82) is 0 Å². The van der Waals surface area contributed by atoms with Gasteiger partial charge in [-0.05, 0) is 17.7 Å². The number of aliphatic hydroxyl groups excluding tert-OH is 1. The molecule has 0 heterocycles. The van der Waals surface area contributed by atoms with Crippen LogP contribution in [0.3, 0.4) is 0 Å². The van der Waals surface area contributed by atoms with Crippen LogP contribution in [0.1, 0.15) is 11.7 Å². The van der Waals surface area contributed by atoms with Crippen LogP contribution in [0.2, 0.25) is 0 Å². The first-order valence-corrected chi connectivity index (χ1v) is 6.41. The van der Waals surface area contributed by atoms with Crippen molar-refractivity contribution in [3.8, 4) is 0 Å². The van der Waals surface area contributed by atoms with Crippen molar-refractivity contribution in [3.05, 3.63) is 66.2 Å². The predicted octanol–water partition coefficient (Wildman–Crippen LogP) is 2.31. The third-order valence-electron chi connectivity index (χ3n) is 3.03. The summed E-state index contributed by atoms with van der Waals surface area (Å²) >= 11 is 0. The Hall–Kier alpha value is -2.33. The van der Waals surface area contributed by atoms with Crippen molar-refractivity contribution >= 4 is 11.7 Å². The van der Waals surface area contributed by atoms with Crippen LogP contribution in [0.5, 0.6) is 0 Å². The molecular weight excluding hydrogens is 254 g/mol. The number of nitrogens with zero attached hydrogens (tertiary/aromatic N) is 1. The Morgan fingerprint density at radius 1 is 1.00 bits per heavy atom. The molecule has 0 aliphatic rings. The summed E-state index contributed by atoms with van der Waals surface area (Å²) in [5, 5.41) is 19.2. The molecule has 0 fully saturated rings. The number of hydrogen-bond donors (Lipinski definition) is 2. The van der Waals surface area contributed by atoms with E-state index in [2.05, 4.69) is 0 Å². The largest absolute Gasteiger partial charge is 0.480 e. The van der Waals surface area contributed by atoms with Gasteiger partial charge in [-0.3, -0.25) is 4.79 Å². The van der Waals surface area contributed by atoms with E-state index in [1.54, 1.807) is 4.90 Å². The van der Waals surface area contributed by atoms with Gasteiger partial charge in [0.25, 0.3) is 0 Å². The number of benzene rings is 2. The van der Waals surface area contributed by atoms with Crippen LogP contribution in [-0.2, 0) is 4.79 Å². The van der Waals surface area contributed by atoms with E-state index in [0.29, 0.717) is 0 Å². The summed E-state index contributed by atoms with van der Waals surface area (Å²) in [5.74, 6) is -0.922. The molecule has 0 amide bonds. The zero-order valence-electron chi connectivity index (χ0n) is 11.0. The normalized spacial score (nSPS) is 11.8. The standard InChI is InChI=1S/C16H17NO3/c18-15(13-7-3-1-4-8-13)11-17(12-16(19)20)14-9-5-2-6-10-14/h1-10,15,18H,11-12H2,(H,19,20). The SMILES string of the molecule is O=C(O)CN(CC(O)c1ccccc1)c1ccccc1. The van der Waals surface area contributed by atoms with Crippen molar-refractivity contribution in [2.24, 2.45) is 0 Å². The average molecular weight is 271 g/mol. The van der Waals surface area contributed by atoms with E-state index in [1.807, 2.05) is 60.7 Å². The third kappa shape index (κ3) is 3.83. The Balaban J connectivity index is 2.14. The molecule has 0 bridgehead atoms. The van der Waals surface area contributed by atoms with Gasteiger partial charge in [-0.2, -0.15) is 0 Å². The molecule has 0 aliphatic heterocycles. The fourth-order valence-corrected chi connectivity index (χ4v) is 2.05. The molecule has 2 rings (SSSR count). The van der Waals surface area contributed by atoms with Crippen LogP contribution in [-0.4, -0.2) is 29.3 Å². The zero-order chi connectivity index (χ0) is 14.4. The molecule has 2 aromatic carbocycles. The summed E-state index contributed by atoms with van der Waals surface area (Å²) in [6, 6.07) is 18.5. The van der Waals surface area contributed by atoms with E-state index < -0.39 is 12.1 Å². The Morgan fingerprint density at radius 2 is 1.55 bits per heavy atom. The number of anilines is 1. The molecule has 0 saturated carbocycles. The number of hydrogen-bond acceptors (Lipinski definition) is 3. The lowest BCUT2D eigenvalue weighted by Crippen LogP contribution is -2.33. The van der Waals surface area contributed by atoms with Crippen molar-refractivity contribution in [3.63, 3.8) is 0 Å². The molecule has 0 radical (unpaired) electrons. The lowest BCUT2D eigenvalue weighted by molar-refractivity contribution is -0.135. The molecule has 4 heteroatoms. The molecule has 1 unspecified atom stereocenters. The molecule has 0 aromatic heterocycles. The van der Waals surface area contributed by atoms with Crippen molar-refractivity contribution in [2.45, 2.75) is 6.10 Å². The van der Waals surface area contributed by atoms with Gasteiger partial charge < -0.3 is 15.1 Å². The quantitative estimate of drug-likeness (QED) is 0.846. The molecule has 0 saturated heterocycles. The van der Waals surface area contributed by atoms with Crippen molar-refractivity contribution < 1.29 is 15.0 Å². The Morgan fingerprint density at radius 3 is 2.10 bits per heavy atom. The second kappa shape index (κ2) is 6.73. The third-order valence-corrected chi connectivity index (χ3v) is 3.03. The minimum atomic E-state index is -0.922. The molecule has 0 spiro atoms. The number of carbonyl (C=O) groups is 1. The van der Waals surface area contributed by atoms with Gasteiger partial charge in [-0.15, -0.1) is 0 Å². The highest BCUT2D eigenvalue weighted by molar-refractivity contribution is 5.73. The fourth-order valence-electron chi connectivity index (χ4n) is 2.05. The second-order valence-corrected chi connectivity index (χ2v) is 4.54. The molecule has 104 valence electrons. The van der Waals surface area contributed by atoms with Gasteiger partial charge in [0.2, 0.25) is 0 Å². The molecule has 0 aliphatic carbocycles. The van der Waals surface area contributed by atoms with Gasteiger partial charge in [-0.25, -0.2) is 0 Å². The highest BCUT2D eigenvalue weighted by atomic mass is 16.4. The fraction of sp³-hybridized carbons (Fsp3) is 0.188. The van der Waals surface area contributed by atoms with E-state index in [-0.39, 0.29) is 13.1 Å². The van der Waals surface area contributed by atoms with E-state index >= 15 is 0 Å². The van der Waals surface area contributed by atoms with Gasteiger partial charge in [0.05, 0.1) is 6.10 Å². The molecule has 4 nitrogen and oxygen atoms in total. The van der Waals surface area contributed by atoms with E-state index in [4.69, 9.17) is 5.11 Å². The molecule has 2 N–H and O–H groups in total. The first-order chi connectivity index (χ1) is 9.66. The summed E-state index contributed by atoms with van der Waals surface area (Å²) in [6.07, 6.45) is -0.726. The summed E-state index contributed by atoms with van der Waals surface area (Å²) in [5.41, 5.74) is 1.56. The summed E-state index contributed by atoms with van der Waals surface area (Å²) in [6.45, 7) is 0.0915. The number of aliphatic hydroxyl groups is 1. The van der Waals surface area contributed by atoms with Crippen molar-refractivity contribution in [2.75, 3.05) is 18.0 Å². The maximum atomic E-state index is 11.0. The van der Waals surface area contributed by atoms with E-state index in [9.17, 15) is 9.90 Å². The summed E-state index contributed by atoms with van der Waals surface area (Å²) in [4.78, 5) is 12.6. The Kier molecular flexibility index (Phi) is 4.74. The smallest absolute Gasteiger partial charge is 0.323 e. The maximum absolute atomic E-state index is 11.0. The topological polar surface area (TPSA) is 60.8 Å². The lowest BCUT2D eigenvalue weighted by atomic mass is 10.1. The molecule has 2 aromatic rings. The second-order valence-electron chi connectivity index (χ2n) is 4.54. The Labute approximate surface area is 117 Å². The van der Waals surface area contributed by atoms with Crippen LogP contribution in [0.4, 0.5) is 5.69 Å². The van der Waals surface area contributed by atoms with Gasteiger partial charge in [-0.1, -0.05) is 48.5 Å². The van der Waals surface area contributed by atoms with Crippen LogP contribution < -0.4 is 4.90 Å². The number of rotatable bonds is 6. The number of para-hydroxylation sites is 1. The molecule has 1 atom stereocenters. The van der Waals surface area contributed by atoms with Crippen LogP contribution in [0.25, 0.3) is 0 Å². The Bertz CT molecular complexity index is 542. The highest BCUT2D eigenvalue weighted by Crippen LogP contribution is 2.19. The molecular formula is C16H17NO3. The number of aliphatic carboxylic acids is 1. The van der Waals surface area contributed by atoms with E-state index in [0.717, 1.165) is 11.3 Å². The zero-order valence-corrected chi connectivity index (χ0v) is 11.0. The van der Waals surface area contributed by atoms with Gasteiger partial charge in [0.1, 0.15) is 6.54 Å². The highest BCUT2D eigenvalue weighted by Gasteiger charge is 2.16. The van der Waals surface area contributed by atoms with E-state index in [1.165, 1.54) is 0 Å². The predicted molar refractivity (Wildman–Crippen MR) is 77.7 cm³/mol. The van der Waals surface area contributed by atoms with Gasteiger partial charge in [0, 0.05) is 12.2 Å². The number of carboxylic acids is 1. The monoisotopic (exact) mass is 271 g/mol. The average Bonchev–Trinajstić information content (AvgIpc) is 2.48. The lowest BCUT2D eigenvalue weighted by Gasteiger charge is -2.25. The summed E-state index contributed by atoms with van der Waals surface area (Å²) in [7, 11) is 0. The van der Waals surface area contributed by atoms with Crippen LogP contribution in [0, 0.1) is 0 Å². The van der Waals surface area contributed by atoms with Crippen molar-refractivity contribution in [1.82, 2.24) is 0 Å². The molecule has 20 heavy (non-hydrogen) atoms. The minimum Gasteiger partial charge on any atom is -0.480 e. The first-order valence-electron chi connectivity index (χ1n) is 6.41. The first kappa shape index (κ1) is 14.1. The van der Waals surface area contributed by atoms with Gasteiger partial charge >= 0.3 is 5.97 Å². The summed E-state index contributed by atoms with van der Waals surface area (Å²) < 4.78 is 0. The maximum Gasteiger partial charge on any atom is 0.323 e. The minimum absolute atomic E-state index is 0.145.